The minimum Gasteiger partial charge on any atom is -0.481 e. The van der Waals surface area contributed by atoms with Crippen molar-refractivity contribution >= 4 is 29.3 Å². The Hall–Kier alpha value is -1.75. The van der Waals surface area contributed by atoms with Crippen LogP contribution < -0.4 is 5.32 Å². The zero-order valence-electron chi connectivity index (χ0n) is 11.2. The van der Waals surface area contributed by atoms with E-state index in [1.165, 1.54) is 4.90 Å². The van der Waals surface area contributed by atoms with Gasteiger partial charge in [0, 0.05) is 23.8 Å². The van der Waals surface area contributed by atoms with Crippen molar-refractivity contribution in [1.29, 1.82) is 0 Å². The molecule has 0 unspecified atom stereocenters. The van der Waals surface area contributed by atoms with Gasteiger partial charge < -0.3 is 15.3 Å². The van der Waals surface area contributed by atoms with Crippen LogP contribution in [-0.2, 0) is 4.79 Å². The highest BCUT2D eigenvalue weighted by atomic mass is 35.5. The molecule has 0 spiro atoms. The highest BCUT2D eigenvalue weighted by molar-refractivity contribution is 6.31. The molecule has 1 fully saturated rings. The molecular weight excluding hydrogens is 280 g/mol. The van der Waals surface area contributed by atoms with Gasteiger partial charge in [0.25, 0.3) is 0 Å². The molecule has 1 aromatic carbocycles. The highest BCUT2D eigenvalue weighted by Crippen LogP contribution is 2.21. The molecule has 20 heavy (non-hydrogen) atoms. The maximum absolute atomic E-state index is 12.1. The first kappa shape index (κ1) is 14.7. The minimum absolute atomic E-state index is 0.251. The summed E-state index contributed by atoms with van der Waals surface area (Å²) >= 11 is 6.01. The van der Waals surface area contributed by atoms with E-state index in [1.807, 2.05) is 13.0 Å². The summed E-state index contributed by atoms with van der Waals surface area (Å²) in [5, 5.41) is 12.4. The molecule has 1 atom stereocenters. The van der Waals surface area contributed by atoms with Gasteiger partial charge in [0.05, 0.1) is 5.92 Å². The Bertz CT molecular complexity index is 533. The summed E-state index contributed by atoms with van der Waals surface area (Å²) in [7, 11) is 0. The van der Waals surface area contributed by atoms with Gasteiger partial charge in [-0.3, -0.25) is 4.79 Å². The summed E-state index contributed by atoms with van der Waals surface area (Å²) in [6.07, 6.45) is 1.33. The monoisotopic (exact) mass is 296 g/mol. The summed E-state index contributed by atoms with van der Waals surface area (Å²) in [6, 6.07) is 5.01. The molecule has 2 amide bonds. The third-order valence-corrected chi connectivity index (χ3v) is 3.89. The first-order chi connectivity index (χ1) is 9.47. The second kappa shape index (κ2) is 6.13. The minimum atomic E-state index is -0.846. The number of hydrogen-bond acceptors (Lipinski definition) is 2. The summed E-state index contributed by atoms with van der Waals surface area (Å²) in [6.45, 7) is 2.71. The molecule has 1 aliphatic rings. The number of piperidine rings is 1. The maximum Gasteiger partial charge on any atom is 0.321 e. The fourth-order valence-electron chi connectivity index (χ4n) is 2.24. The number of urea groups is 1. The van der Waals surface area contributed by atoms with Crippen LogP contribution in [0.25, 0.3) is 0 Å². The lowest BCUT2D eigenvalue weighted by Gasteiger charge is -2.30. The van der Waals surface area contributed by atoms with Crippen molar-refractivity contribution in [2.45, 2.75) is 19.8 Å². The fraction of sp³-hybridized carbons (Fsp3) is 0.429. The maximum atomic E-state index is 12.1. The van der Waals surface area contributed by atoms with E-state index >= 15 is 0 Å². The third kappa shape index (κ3) is 3.42. The molecule has 0 aromatic heterocycles. The number of likely N-dealkylation sites (tertiary alicyclic amines) is 1. The predicted octanol–water partition coefficient (Wildman–Crippen LogP) is 2.98. The first-order valence-corrected chi connectivity index (χ1v) is 6.90. The summed E-state index contributed by atoms with van der Waals surface area (Å²) < 4.78 is 0. The standard InChI is InChI=1S/C14H17ClN2O3/c1-9-4-5-11(7-12(9)15)16-14(20)17-6-2-3-10(8-17)13(18)19/h4-5,7,10H,2-3,6,8H2,1H3,(H,16,20)(H,18,19)/t10-/m0/s1. The summed E-state index contributed by atoms with van der Waals surface area (Å²) in [5.74, 6) is -1.32. The van der Waals surface area contributed by atoms with E-state index in [0.717, 1.165) is 5.56 Å². The summed E-state index contributed by atoms with van der Waals surface area (Å²) in [4.78, 5) is 24.6. The average molecular weight is 297 g/mol. The Labute approximate surface area is 122 Å². The number of hydrogen-bond donors (Lipinski definition) is 2. The van der Waals surface area contributed by atoms with Gasteiger partial charge in [-0.05, 0) is 37.5 Å². The van der Waals surface area contributed by atoms with Crippen molar-refractivity contribution in [1.82, 2.24) is 4.90 Å². The van der Waals surface area contributed by atoms with Crippen molar-refractivity contribution in [2.75, 3.05) is 18.4 Å². The van der Waals surface area contributed by atoms with Crippen LogP contribution in [-0.4, -0.2) is 35.1 Å². The van der Waals surface area contributed by atoms with Crippen molar-refractivity contribution in [3.63, 3.8) is 0 Å². The zero-order chi connectivity index (χ0) is 14.7. The highest BCUT2D eigenvalue weighted by Gasteiger charge is 2.28. The number of nitrogens with zero attached hydrogens (tertiary/aromatic N) is 1. The van der Waals surface area contributed by atoms with Crippen molar-refractivity contribution < 1.29 is 14.7 Å². The Morgan fingerprint density at radius 2 is 2.20 bits per heavy atom. The van der Waals surface area contributed by atoms with Gasteiger partial charge in [-0.25, -0.2) is 4.79 Å². The molecule has 1 heterocycles. The molecule has 1 aromatic rings. The number of nitrogens with one attached hydrogen (secondary N) is 1. The molecule has 2 N–H and O–H groups in total. The van der Waals surface area contributed by atoms with Gasteiger partial charge in [-0.2, -0.15) is 0 Å². The van der Waals surface area contributed by atoms with E-state index in [0.29, 0.717) is 30.1 Å². The smallest absolute Gasteiger partial charge is 0.321 e. The van der Waals surface area contributed by atoms with E-state index < -0.39 is 11.9 Å². The number of anilines is 1. The van der Waals surface area contributed by atoms with Crippen LogP contribution in [0.4, 0.5) is 10.5 Å². The lowest BCUT2D eigenvalue weighted by molar-refractivity contribution is -0.143. The largest absolute Gasteiger partial charge is 0.481 e. The molecule has 0 saturated carbocycles. The predicted molar refractivity (Wildman–Crippen MR) is 77.1 cm³/mol. The van der Waals surface area contributed by atoms with Gasteiger partial charge in [0.1, 0.15) is 0 Å². The van der Waals surface area contributed by atoms with Crippen molar-refractivity contribution in [3.8, 4) is 0 Å². The second-order valence-electron chi connectivity index (χ2n) is 5.02. The molecular formula is C14H17ClN2O3. The van der Waals surface area contributed by atoms with Crippen LogP contribution in [0.2, 0.25) is 5.02 Å². The van der Waals surface area contributed by atoms with Gasteiger partial charge >= 0.3 is 12.0 Å². The van der Waals surface area contributed by atoms with Crippen LogP contribution in [0.3, 0.4) is 0 Å². The summed E-state index contributed by atoms with van der Waals surface area (Å²) in [5.41, 5.74) is 1.55. The van der Waals surface area contributed by atoms with Crippen LogP contribution >= 0.6 is 11.6 Å². The lowest BCUT2D eigenvalue weighted by atomic mass is 9.99. The van der Waals surface area contributed by atoms with Crippen LogP contribution in [0.15, 0.2) is 18.2 Å². The van der Waals surface area contributed by atoms with Gasteiger partial charge in [-0.15, -0.1) is 0 Å². The van der Waals surface area contributed by atoms with Crippen LogP contribution in [0, 0.1) is 12.8 Å². The lowest BCUT2D eigenvalue weighted by Crippen LogP contribution is -2.44. The van der Waals surface area contributed by atoms with Crippen LogP contribution in [0.1, 0.15) is 18.4 Å². The van der Waals surface area contributed by atoms with Gasteiger partial charge in [0.15, 0.2) is 0 Å². The quantitative estimate of drug-likeness (QED) is 0.881. The van der Waals surface area contributed by atoms with E-state index in [4.69, 9.17) is 16.7 Å². The molecule has 0 aliphatic carbocycles. The Morgan fingerprint density at radius 1 is 1.45 bits per heavy atom. The topological polar surface area (TPSA) is 69.6 Å². The van der Waals surface area contributed by atoms with E-state index in [1.54, 1.807) is 12.1 Å². The van der Waals surface area contributed by atoms with E-state index in [2.05, 4.69) is 5.32 Å². The van der Waals surface area contributed by atoms with E-state index in [9.17, 15) is 9.59 Å². The molecule has 0 bridgehead atoms. The fourth-order valence-corrected chi connectivity index (χ4v) is 2.42. The van der Waals surface area contributed by atoms with Crippen molar-refractivity contribution in [2.24, 2.45) is 5.92 Å². The molecule has 108 valence electrons. The Kier molecular flexibility index (Phi) is 4.49. The molecule has 1 aliphatic heterocycles. The number of rotatable bonds is 2. The van der Waals surface area contributed by atoms with Crippen molar-refractivity contribution in [3.05, 3.63) is 28.8 Å². The molecule has 6 heteroatoms. The van der Waals surface area contributed by atoms with Gasteiger partial charge in [-0.1, -0.05) is 17.7 Å². The Morgan fingerprint density at radius 3 is 2.85 bits per heavy atom. The Balaban J connectivity index is 2.00. The average Bonchev–Trinajstić information content (AvgIpc) is 2.43. The SMILES string of the molecule is Cc1ccc(NC(=O)N2CCC[C@H](C(=O)O)C2)cc1Cl. The number of carboxylic acid groups (broad SMARTS) is 1. The number of carbonyl (C=O) groups excluding carboxylic acids is 1. The number of benzene rings is 1. The van der Waals surface area contributed by atoms with Gasteiger partial charge in [0.2, 0.25) is 0 Å². The third-order valence-electron chi connectivity index (χ3n) is 3.48. The normalized spacial score (nSPS) is 18.7. The molecule has 0 radical (unpaired) electrons. The molecule has 2 rings (SSSR count). The number of carboxylic acids is 1. The first-order valence-electron chi connectivity index (χ1n) is 6.52. The number of aliphatic carboxylic acids is 1. The molecule has 1 saturated heterocycles. The second-order valence-corrected chi connectivity index (χ2v) is 5.42. The number of halogens is 1. The number of carbonyl (C=O) groups is 2. The number of amides is 2. The van der Waals surface area contributed by atoms with E-state index in [-0.39, 0.29) is 12.6 Å². The number of aryl methyl sites for hydroxylation is 1. The zero-order valence-corrected chi connectivity index (χ0v) is 12.0. The van der Waals surface area contributed by atoms with Crippen LogP contribution in [0.5, 0.6) is 0 Å². The molecule has 5 nitrogen and oxygen atoms in total.